The second-order valence-corrected chi connectivity index (χ2v) is 5.41. The Hall–Kier alpha value is -1.62. The zero-order chi connectivity index (χ0) is 15.2. The van der Waals surface area contributed by atoms with Gasteiger partial charge in [-0.25, -0.2) is 9.18 Å². The summed E-state index contributed by atoms with van der Waals surface area (Å²) in [6.07, 6.45) is -0.522. The van der Waals surface area contributed by atoms with Gasteiger partial charge < -0.3 is 14.8 Å². The van der Waals surface area contributed by atoms with Crippen LogP contribution in [-0.4, -0.2) is 24.9 Å². The van der Waals surface area contributed by atoms with Crippen molar-refractivity contribution in [3.8, 4) is 0 Å². The average Bonchev–Trinajstić information content (AvgIpc) is 2.33. The standard InChI is InChI=1S/C15H22FNO3/c1-5-19-10-13(11-6-8-12(16)9-7-11)17-14(18)20-15(2,3)4/h6-9,13H,5,10H2,1-4H3,(H,17,18)/t13-/m1/s1. The number of halogens is 1. The smallest absolute Gasteiger partial charge is 0.408 e. The van der Waals surface area contributed by atoms with Gasteiger partial charge >= 0.3 is 6.09 Å². The van der Waals surface area contributed by atoms with Crippen molar-refractivity contribution in [3.05, 3.63) is 35.6 Å². The van der Waals surface area contributed by atoms with E-state index < -0.39 is 11.7 Å². The molecule has 0 spiro atoms. The molecule has 5 heteroatoms. The molecule has 0 aliphatic heterocycles. The van der Waals surface area contributed by atoms with Gasteiger partial charge in [0.2, 0.25) is 0 Å². The molecule has 0 saturated carbocycles. The molecule has 1 rings (SSSR count). The van der Waals surface area contributed by atoms with Crippen LogP contribution in [0.4, 0.5) is 9.18 Å². The van der Waals surface area contributed by atoms with Gasteiger partial charge in [-0.1, -0.05) is 12.1 Å². The minimum absolute atomic E-state index is 0.307. The summed E-state index contributed by atoms with van der Waals surface area (Å²) in [5.41, 5.74) is 0.203. The van der Waals surface area contributed by atoms with Crippen molar-refractivity contribution in [2.75, 3.05) is 13.2 Å². The fraction of sp³-hybridized carbons (Fsp3) is 0.533. The summed E-state index contributed by atoms with van der Waals surface area (Å²) in [5, 5.41) is 2.74. The van der Waals surface area contributed by atoms with E-state index >= 15 is 0 Å². The Kier molecular flexibility index (Phi) is 5.95. The Balaban J connectivity index is 2.74. The number of benzene rings is 1. The lowest BCUT2D eigenvalue weighted by Crippen LogP contribution is -2.36. The molecule has 0 aromatic heterocycles. The van der Waals surface area contributed by atoms with Crippen LogP contribution in [0.2, 0.25) is 0 Å². The minimum atomic E-state index is -0.566. The molecule has 0 fully saturated rings. The minimum Gasteiger partial charge on any atom is -0.444 e. The van der Waals surface area contributed by atoms with Crippen molar-refractivity contribution in [1.82, 2.24) is 5.32 Å². The van der Waals surface area contributed by atoms with Crippen molar-refractivity contribution >= 4 is 6.09 Å². The molecule has 0 radical (unpaired) electrons. The highest BCUT2D eigenvalue weighted by Crippen LogP contribution is 2.16. The molecular weight excluding hydrogens is 261 g/mol. The molecule has 20 heavy (non-hydrogen) atoms. The first-order valence-electron chi connectivity index (χ1n) is 6.64. The van der Waals surface area contributed by atoms with Crippen LogP contribution in [-0.2, 0) is 9.47 Å². The molecule has 1 atom stereocenters. The van der Waals surface area contributed by atoms with Gasteiger partial charge in [-0.3, -0.25) is 0 Å². The van der Waals surface area contributed by atoms with Gasteiger partial charge in [-0.15, -0.1) is 0 Å². The second-order valence-electron chi connectivity index (χ2n) is 5.41. The number of hydrogen-bond acceptors (Lipinski definition) is 3. The number of amides is 1. The maximum atomic E-state index is 12.9. The number of carbonyl (C=O) groups excluding carboxylic acids is 1. The lowest BCUT2D eigenvalue weighted by Gasteiger charge is -2.23. The maximum Gasteiger partial charge on any atom is 0.408 e. The van der Waals surface area contributed by atoms with E-state index in [2.05, 4.69) is 5.32 Å². The highest BCUT2D eigenvalue weighted by atomic mass is 19.1. The fourth-order valence-electron chi connectivity index (χ4n) is 1.60. The maximum absolute atomic E-state index is 12.9. The summed E-state index contributed by atoms with van der Waals surface area (Å²) >= 11 is 0. The van der Waals surface area contributed by atoms with Crippen molar-refractivity contribution in [1.29, 1.82) is 0 Å². The van der Waals surface area contributed by atoms with Gasteiger partial charge in [0, 0.05) is 6.61 Å². The number of alkyl carbamates (subject to hydrolysis) is 1. The van der Waals surface area contributed by atoms with Gasteiger partial charge in [0.25, 0.3) is 0 Å². The first-order valence-corrected chi connectivity index (χ1v) is 6.64. The van der Waals surface area contributed by atoms with E-state index in [0.717, 1.165) is 5.56 Å². The van der Waals surface area contributed by atoms with Crippen LogP contribution in [0.3, 0.4) is 0 Å². The third kappa shape index (κ3) is 6.02. The average molecular weight is 283 g/mol. The molecule has 1 N–H and O–H groups in total. The van der Waals surface area contributed by atoms with Crippen LogP contribution in [0.1, 0.15) is 39.3 Å². The van der Waals surface area contributed by atoms with Gasteiger partial charge in [-0.05, 0) is 45.4 Å². The highest BCUT2D eigenvalue weighted by molar-refractivity contribution is 5.68. The summed E-state index contributed by atoms with van der Waals surface area (Å²) < 4.78 is 23.5. The Morgan fingerprint density at radius 3 is 2.40 bits per heavy atom. The van der Waals surface area contributed by atoms with E-state index in [1.54, 1.807) is 32.9 Å². The lowest BCUT2D eigenvalue weighted by atomic mass is 10.1. The summed E-state index contributed by atoms with van der Waals surface area (Å²) in [5.74, 6) is -0.318. The lowest BCUT2D eigenvalue weighted by molar-refractivity contribution is 0.0448. The van der Waals surface area contributed by atoms with Gasteiger partial charge in [0.05, 0.1) is 12.6 Å². The molecule has 0 unspecified atom stereocenters. The van der Waals surface area contributed by atoms with Crippen molar-refractivity contribution in [2.45, 2.75) is 39.3 Å². The van der Waals surface area contributed by atoms with Crippen LogP contribution in [0.25, 0.3) is 0 Å². The molecular formula is C15H22FNO3. The third-order valence-electron chi connectivity index (χ3n) is 2.45. The predicted molar refractivity (Wildman–Crippen MR) is 75.0 cm³/mol. The van der Waals surface area contributed by atoms with Crippen LogP contribution >= 0.6 is 0 Å². The Labute approximate surface area is 119 Å². The van der Waals surface area contributed by atoms with E-state index in [1.807, 2.05) is 6.92 Å². The van der Waals surface area contributed by atoms with E-state index in [4.69, 9.17) is 9.47 Å². The quantitative estimate of drug-likeness (QED) is 0.900. The molecule has 0 bridgehead atoms. The van der Waals surface area contributed by atoms with Crippen LogP contribution in [0.5, 0.6) is 0 Å². The molecule has 0 aliphatic carbocycles. The Bertz CT molecular complexity index is 426. The van der Waals surface area contributed by atoms with E-state index in [9.17, 15) is 9.18 Å². The van der Waals surface area contributed by atoms with E-state index in [0.29, 0.717) is 13.2 Å². The summed E-state index contributed by atoms with van der Waals surface area (Å²) in [4.78, 5) is 11.8. The zero-order valence-electron chi connectivity index (χ0n) is 12.4. The van der Waals surface area contributed by atoms with Crippen molar-refractivity contribution in [2.24, 2.45) is 0 Å². The van der Waals surface area contributed by atoms with Crippen LogP contribution in [0.15, 0.2) is 24.3 Å². The van der Waals surface area contributed by atoms with E-state index in [1.165, 1.54) is 12.1 Å². The summed E-state index contributed by atoms with van der Waals surface area (Å²) in [6.45, 7) is 8.09. The summed E-state index contributed by atoms with van der Waals surface area (Å²) in [7, 11) is 0. The number of rotatable bonds is 5. The topological polar surface area (TPSA) is 47.6 Å². The predicted octanol–water partition coefficient (Wildman–Crippen LogP) is 3.43. The van der Waals surface area contributed by atoms with Gasteiger partial charge in [0.1, 0.15) is 11.4 Å². The number of carbonyl (C=O) groups is 1. The Morgan fingerprint density at radius 2 is 1.90 bits per heavy atom. The molecule has 1 aromatic carbocycles. The largest absolute Gasteiger partial charge is 0.444 e. The third-order valence-corrected chi connectivity index (χ3v) is 2.45. The van der Waals surface area contributed by atoms with Crippen molar-refractivity contribution in [3.63, 3.8) is 0 Å². The fourth-order valence-corrected chi connectivity index (χ4v) is 1.60. The highest BCUT2D eigenvalue weighted by Gasteiger charge is 2.20. The molecule has 0 heterocycles. The van der Waals surface area contributed by atoms with E-state index in [-0.39, 0.29) is 11.9 Å². The first-order chi connectivity index (χ1) is 9.31. The molecule has 0 aliphatic rings. The van der Waals surface area contributed by atoms with Gasteiger partial charge in [-0.2, -0.15) is 0 Å². The Morgan fingerprint density at radius 1 is 1.30 bits per heavy atom. The van der Waals surface area contributed by atoms with Gasteiger partial charge in [0.15, 0.2) is 0 Å². The molecule has 112 valence electrons. The molecule has 0 saturated heterocycles. The number of nitrogens with one attached hydrogen (secondary N) is 1. The summed E-state index contributed by atoms with van der Waals surface area (Å²) in [6, 6.07) is 5.58. The molecule has 1 aromatic rings. The second kappa shape index (κ2) is 7.24. The van der Waals surface area contributed by atoms with Crippen LogP contribution in [0, 0.1) is 5.82 Å². The van der Waals surface area contributed by atoms with Crippen molar-refractivity contribution < 1.29 is 18.7 Å². The zero-order valence-corrected chi connectivity index (χ0v) is 12.4. The first kappa shape index (κ1) is 16.4. The molecule has 4 nitrogen and oxygen atoms in total. The number of hydrogen-bond donors (Lipinski definition) is 1. The van der Waals surface area contributed by atoms with Crippen LogP contribution < -0.4 is 5.32 Å². The normalized spacial score (nSPS) is 12.8. The monoisotopic (exact) mass is 283 g/mol. The molecule has 1 amide bonds. The SMILES string of the molecule is CCOC[C@@H](NC(=O)OC(C)(C)C)c1ccc(F)cc1. The number of ether oxygens (including phenoxy) is 2.